The van der Waals surface area contributed by atoms with E-state index in [1.807, 2.05) is 0 Å². The molecule has 0 unspecified atom stereocenters. The maximum absolute atomic E-state index is 13.7. The Labute approximate surface area is 226 Å². The van der Waals surface area contributed by atoms with Crippen LogP contribution in [0.25, 0.3) is 10.6 Å². The number of halogens is 4. The van der Waals surface area contributed by atoms with E-state index >= 15 is 0 Å². The highest BCUT2D eigenvalue weighted by atomic mass is 35.5. The molecular formula is C25H25ClF3N5O3S. The van der Waals surface area contributed by atoms with Crippen molar-refractivity contribution in [2.45, 2.75) is 45.5 Å². The number of fused-ring (bicyclic) bond motifs is 1. The van der Waals surface area contributed by atoms with E-state index in [2.05, 4.69) is 20.6 Å². The van der Waals surface area contributed by atoms with Crippen molar-refractivity contribution in [3.63, 3.8) is 0 Å². The summed E-state index contributed by atoms with van der Waals surface area (Å²) in [5.74, 6) is -0.504. The Bertz CT molecular complexity index is 1390. The topological polar surface area (TPSA) is 96.5 Å². The first-order chi connectivity index (χ1) is 17.7. The molecule has 0 saturated heterocycles. The van der Waals surface area contributed by atoms with Crippen LogP contribution in [0.2, 0.25) is 5.02 Å². The molecule has 0 fully saturated rings. The standard InChI is InChI=1S/C25H25ClF3N5O3S/c1-24(2,3)37-23(36)34-6-5-13-8-18(17(26)7-14(13)11-34)32-22-31-10-16(25(27,28)29)20(33-22)19-9-15(12-38-19)21(35)30-4/h7-10,12H,5-6,11H2,1-4H3,(H,30,35)(H,31,32,33). The number of aromatic nitrogens is 2. The molecule has 2 amide bonds. The van der Waals surface area contributed by atoms with Crippen LogP contribution in [0.1, 0.15) is 47.8 Å². The van der Waals surface area contributed by atoms with Crippen molar-refractivity contribution in [3.05, 3.63) is 57.1 Å². The summed E-state index contributed by atoms with van der Waals surface area (Å²) in [6.45, 7) is 6.15. The molecule has 8 nitrogen and oxygen atoms in total. The maximum atomic E-state index is 13.7. The largest absolute Gasteiger partial charge is 0.444 e. The number of carbonyl (C=O) groups excluding carboxylic acids is 2. The lowest BCUT2D eigenvalue weighted by atomic mass is 9.99. The van der Waals surface area contributed by atoms with Crippen LogP contribution >= 0.6 is 22.9 Å². The average Bonchev–Trinajstić information content (AvgIpc) is 3.32. The lowest BCUT2D eigenvalue weighted by molar-refractivity contribution is -0.137. The highest BCUT2D eigenvalue weighted by Gasteiger charge is 2.36. The molecule has 1 aromatic carbocycles. The summed E-state index contributed by atoms with van der Waals surface area (Å²) in [5.41, 5.74) is 0.427. The number of nitrogens with one attached hydrogen (secondary N) is 2. The zero-order valence-corrected chi connectivity index (χ0v) is 22.6. The Balaban J connectivity index is 1.61. The van der Waals surface area contributed by atoms with Crippen molar-refractivity contribution in [2.24, 2.45) is 0 Å². The van der Waals surface area contributed by atoms with E-state index < -0.39 is 29.3 Å². The summed E-state index contributed by atoms with van der Waals surface area (Å²) in [5, 5.41) is 7.11. The molecule has 1 aliphatic rings. The van der Waals surface area contributed by atoms with Crippen LogP contribution in [0.15, 0.2) is 29.8 Å². The second-order valence-corrected chi connectivity index (χ2v) is 10.9. The van der Waals surface area contributed by atoms with Gasteiger partial charge in [0.15, 0.2) is 0 Å². The van der Waals surface area contributed by atoms with Crippen molar-refractivity contribution in [3.8, 4) is 10.6 Å². The van der Waals surface area contributed by atoms with Gasteiger partial charge in [-0.2, -0.15) is 13.2 Å². The molecule has 13 heteroatoms. The summed E-state index contributed by atoms with van der Waals surface area (Å²) < 4.78 is 46.6. The van der Waals surface area contributed by atoms with Crippen LogP contribution in [0.5, 0.6) is 0 Å². The Morgan fingerprint density at radius 1 is 1.16 bits per heavy atom. The minimum absolute atomic E-state index is 0.0871. The Morgan fingerprint density at radius 3 is 2.55 bits per heavy atom. The number of rotatable bonds is 4. The van der Waals surface area contributed by atoms with Crippen LogP contribution in [-0.2, 0) is 23.9 Å². The van der Waals surface area contributed by atoms with Crippen LogP contribution in [0.4, 0.5) is 29.6 Å². The van der Waals surface area contributed by atoms with Gasteiger partial charge in [-0.25, -0.2) is 14.8 Å². The predicted octanol–water partition coefficient (Wildman–Crippen LogP) is 6.27. The second kappa shape index (κ2) is 10.4. The molecule has 0 bridgehead atoms. The van der Waals surface area contributed by atoms with Crippen molar-refractivity contribution < 1.29 is 27.5 Å². The number of benzene rings is 1. The minimum Gasteiger partial charge on any atom is -0.444 e. The SMILES string of the molecule is CNC(=O)c1csc(-c2nc(Nc3cc4c(cc3Cl)CN(C(=O)OC(C)(C)C)CC4)ncc2C(F)(F)F)c1. The van der Waals surface area contributed by atoms with Gasteiger partial charge in [0.1, 0.15) is 11.2 Å². The molecule has 202 valence electrons. The number of anilines is 2. The first-order valence-corrected chi connectivity index (χ1v) is 12.8. The molecule has 0 radical (unpaired) electrons. The molecule has 3 aromatic rings. The first kappa shape index (κ1) is 27.6. The molecule has 3 heterocycles. The van der Waals surface area contributed by atoms with Gasteiger partial charge in [-0.3, -0.25) is 4.79 Å². The molecule has 2 N–H and O–H groups in total. The number of nitrogens with zero attached hydrogens (tertiary/aromatic N) is 3. The molecule has 4 rings (SSSR count). The molecule has 38 heavy (non-hydrogen) atoms. The van der Waals surface area contributed by atoms with Crippen molar-refractivity contribution in [1.29, 1.82) is 0 Å². The van der Waals surface area contributed by atoms with E-state index in [-0.39, 0.29) is 27.1 Å². The van der Waals surface area contributed by atoms with Crippen LogP contribution in [0.3, 0.4) is 0 Å². The molecule has 0 aliphatic carbocycles. The molecule has 2 aromatic heterocycles. The lowest BCUT2D eigenvalue weighted by Gasteiger charge is -2.31. The van der Waals surface area contributed by atoms with E-state index in [0.29, 0.717) is 31.4 Å². The number of amides is 2. The van der Waals surface area contributed by atoms with Crippen molar-refractivity contribution in [1.82, 2.24) is 20.2 Å². The number of ether oxygens (including phenoxy) is 1. The highest BCUT2D eigenvalue weighted by Crippen LogP contribution is 2.39. The monoisotopic (exact) mass is 567 g/mol. The molecule has 0 atom stereocenters. The zero-order chi connectivity index (χ0) is 27.8. The van der Waals surface area contributed by atoms with Crippen LogP contribution in [0, 0.1) is 0 Å². The summed E-state index contributed by atoms with van der Waals surface area (Å²) in [6.07, 6.45) is -3.87. The molecule has 1 aliphatic heterocycles. The smallest absolute Gasteiger partial charge is 0.420 e. The maximum Gasteiger partial charge on any atom is 0.420 e. The van der Waals surface area contributed by atoms with Crippen LogP contribution in [-0.4, -0.2) is 46.1 Å². The van der Waals surface area contributed by atoms with E-state index in [0.717, 1.165) is 22.5 Å². The zero-order valence-electron chi connectivity index (χ0n) is 21.0. The third-order valence-electron chi connectivity index (χ3n) is 5.62. The summed E-state index contributed by atoms with van der Waals surface area (Å²) >= 11 is 7.46. The first-order valence-electron chi connectivity index (χ1n) is 11.6. The van der Waals surface area contributed by atoms with Gasteiger partial charge in [-0.05, 0) is 56.5 Å². The Kier molecular flexibility index (Phi) is 7.57. The number of alkyl halides is 3. The highest BCUT2D eigenvalue weighted by molar-refractivity contribution is 7.13. The Hall–Kier alpha value is -3.38. The van der Waals surface area contributed by atoms with Crippen LogP contribution < -0.4 is 10.6 Å². The number of thiophene rings is 1. The van der Waals surface area contributed by atoms with E-state index in [1.54, 1.807) is 37.8 Å². The quantitative estimate of drug-likeness (QED) is 0.385. The lowest BCUT2D eigenvalue weighted by Crippen LogP contribution is -2.39. The minimum atomic E-state index is -4.70. The van der Waals surface area contributed by atoms with Gasteiger partial charge in [0.2, 0.25) is 5.95 Å². The van der Waals surface area contributed by atoms with Crippen molar-refractivity contribution in [2.75, 3.05) is 18.9 Å². The molecule has 0 spiro atoms. The average molecular weight is 568 g/mol. The summed E-state index contributed by atoms with van der Waals surface area (Å²) in [6, 6.07) is 4.84. The van der Waals surface area contributed by atoms with Gasteiger partial charge in [-0.15, -0.1) is 11.3 Å². The molecular weight excluding hydrogens is 543 g/mol. The van der Waals surface area contributed by atoms with E-state index in [1.165, 1.54) is 18.5 Å². The van der Waals surface area contributed by atoms with E-state index in [9.17, 15) is 22.8 Å². The molecule has 0 saturated carbocycles. The summed E-state index contributed by atoms with van der Waals surface area (Å²) in [7, 11) is 1.44. The van der Waals surface area contributed by atoms with Gasteiger partial charge in [0.25, 0.3) is 5.91 Å². The second-order valence-electron chi connectivity index (χ2n) is 9.61. The predicted molar refractivity (Wildman–Crippen MR) is 139 cm³/mol. The summed E-state index contributed by atoms with van der Waals surface area (Å²) in [4.78, 5) is 34.1. The van der Waals surface area contributed by atoms with Gasteiger partial charge < -0.3 is 20.3 Å². The van der Waals surface area contributed by atoms with Crippen molar-refractivity contribution >= 4 is 46.6 Å². The van der Waals surface area contributed by atoms with Gasteiger partial charge in [0.05, 0.1) is 26.8 Å². The fourth-order valence-electron chi connectivity index (χ4n) is 3.84. The fourth-order valence-corrected chi connectivity index (χ4v) is 4.96. The van der Waals surface area contributed by atoms with Gasteiger partial charge >= 0.3 is 12.3 Å². The third kappa shape index (κ3) is 6.18. The number of carbonyl (C=O) groups is 2. The fraction of sp³-hybridized carbons (Fsp3) is 0.360. The van der Waals surface area contributed by atoms with Gasteiger partial charge in [0, 0.05) is 31.7 Å². The van der Waals surface area contributed by atoms with Gasteiger partial charge in [-0.1, -0.05) is 11.6 Å². The third-order valence-corrected chi connectivity index (χ3v) is 6.87. The van der Waals surface area contributed by atoms with E-state index in [4.69, 9.17) is 16.3 Å². The normalized spacial score (nSPS) is 13.6. The number of hydrogen-bond donors (Lipinski definition) is 2. The Morgan fingerprint density at radius 2 is 1.89 bits per heavy atom. The number of hydrogen-bond acceptors (Lipinski definition) is 7.